The summed E-state index contributed by atoms with van der Waals surface area (Å²) in [6.07, 6.45) is 4.06. The SMILES string of the molecule is C[C@H](COC1CCC(CO[Si](c2ccccc2)(c2ccccc2)C(C)(C)C)CC1)NC(=O)OC(C)(C)C. The smallest absolute Gasteiger partial charge is 0.407 e. The molecule has 1 N–H and O–H groups in total. The number of amides is 1. The van der Waals surface area contributed by atoms with Gasteiger partial charge in [-0.05, 0) is 74.7 Å². The van der Waals surface area contributed by atoms with Gasteiger partial charge >= 0.3 is 6.09 Å². The number of carbonyl (C=O) groups is 1. The van der Waals surface area contributed by atoms with E-state index in [4.69, 9.17) is 13.9 Å². The predicted octanol–water partition coefficient (Wildman–Crippen LogP) is 6.05. The molecule has 2 aromatic carbocycles. The molecule has 1 aliphatic rings. The Morgan fingerprint density at radius 1 is 0.892 bits per heavy atom. The van der Waals surface area contributed by atoms with E-state index < -0.39 is 20.0 Å². The molecule has 0 radical (unpaired) electrons. The first-order valence-electron chi connectivity index (χ1n) is 13.8. The maximum Gasteiger partial charge on any atom is 0.407 e. The molecule has 1 amide bonds. The third-order valence-corrected chi connectivity index (χ3v) is 12.1. The van der Waals surface area contributed by atoms with Crippen molar-refractivity contribution in [1.82, 2.24) is 5.32 Å². The molecular formula is C31H47NO4Si. The molecule has 0 unspecified atom stereocenters. The van der Waals surface area contributed by atoms with Crippen LogP contribution in [-0.4, -0.2) is 45.4 Å². The Bertz CT molecular complexity index is 921. The van der Waals surface area contributed by atoms with Gasteiger partial charge in [-0.3, -0.25) is 0 Å². The highest BCUT2D eigenvalue weighted by Crippen LogP contribution is 2.38. The molecule has 2 aromatic rings. The maximum atomic E-state index is 12.0. The number of hydrogen-bond acceptors (Lipinski definition) is 4. The maximum absolute atomic E-state index is 12.0. The van der Waals surface area contributed by atoms with Crippen molar-refractivity contribution in [3.05, 3.63) is 60.7 Å². The van der Waals surface area contributed by atoms with Crippen LogP contribution in [0.1, 0.15) is 74.1 Å². The van der Waals surface area contributed by atoms with Gasteiger partial charge in [0.2, 0.25) is 0 Å². The number of carbonyl (C=O) groups excluding carboxylic acids is 1. The van der Waals surface area contributed by atoms with Crippen molar-refractivity contribution in [2.75, 3.05) is 13.2 Å². The third-order valence-electron chi connectivity index (χ3n) is 7.09. The van der Waals surface area contributed by atoms with Crippen molar-refractivity contribution in [3.63, 3.8) is 0 Å². The van der Waals surface area contributed by atoms with Gasteiger partial charge in [0.25, 0.3) is 8.32 Å². The van der Waals surface area contributed by atoms with Crippen LogP contribution in [0.4, 0.5) is 4.79 Å². The average molecular weight is 526 g/mol. The third kappa shape index (κ3) is 8.16. The molecule has 3 rings (SSSR count). The summed E-state index contributed by atoms with van der Waals surface area (Å²) in [5.74, 6) is 0.527. The van der Waals surface area contributed by atoms with E-state index in [-0.39, 0.29) is 17.2 Å². The zero-order chi connectivity index (χ0) is 27.1. The van der Waals surface area contributed by atoms with Gasteiger partial charge < -0.3 is 19.2 Å². The second kappa shape index (κ2) is 12.6. The van der Waals surface area contributed by atoms with Crippen molar-refractivity contribution >= 4 is 24.8 Å². The summed E-state index contributed by atoms with van der Waals surface area (Å²) in [5.41, 5.74) is -0.500. The highest BCUT2D eigenvalue weighted by molar-refractivity contribution is 6.99. The van der Waals surface area contributed by atoms with Crippen molar-refractivity contribution in [2.45, 2.75) is 96.9 Å². The van der Waals surface area contributed by atoms with Crippen LogP contribution in [-0.2, 0) is 13.9 Å². The summed E-state index contributed by atoms with van der Waals surface area (Å²) in [6, 6.07) is 21.6. The van der Waals surface area contributed by atoms with Crippen LogP contribution in [0, 0.1) is 5.92 Å². The number of nitrogens with one attached hydrogen (secondary N) is 1. The largest absolute Gasteiger partial charge is 0.444 e. The van der Waals surface area contributed by atoms with Crippen molar-refractivity contribution < 1.29 is 18.7 Å². The van der Waals surface area contributed by atoms with Gasteiger partial charge in [-0.15, -0.1) is 0 Å². The van der Waals surface area contributed by atoms with Gasteiger partial charge in [-0.2, -0.15) is 0 Å². The second-order valence-corrected chi connectivity index (χ2v) is 16.8. The summed E-state index contributed by atoms with van der Waals surface area (Å²) < 4.78 is 18.7. The van der Waals surface area contributed by atoms with Crippen LogP contribution in [0.2, 0.25) is 5.04 Å². The minimum atomic E-state index is -2.50. The van der Waals surface area contributed by atoms with E-state index in [1.165, 1.54) is 10.4 Å². The molecular weight excluding hydrogens is 478 g/mol. The fraction of sp³-hybridized carbons (Fsp3) is 0.581. The summed E-state index contributed by atoms with van der Waals surface area (Å²) in [6.45, 7) is 15.8. The molecule has 0 heterocycles. The van der Waals surface area contributed by atoms with Gasteiger partial charge in [0.15, 0.2) is 0 Å². The molecule has 1 atom stereocenters. The van der Waals surface area contributed by atoms with E-state index in [1.807, 2.05) is 27.7 Å². The van der Waals surface area contributed by atoms with Crippen LogP contribution in [0.15, 0.2) is 60.7 Å². The van der Waals surface area contributed by atoms with Gasteiger partial charge in [0.1, 0.15) is 5.60 Å². The molecule has 6 heteroatoms. The Balaban J connectivity index is 1.58. The van der Waals surface area contributed by atoms with Gasteiger partial charge in [-0.25, -0.2) is 4.79 Å². The normalized spacial score (nSPS) is 19.8. The number of benzene rings is 2. The van der Waals surface area contributed by atoms with Crippen molar-refractivity contribution in [3.8, 4) is 0 Å². The molecule has 5 nitrogen and oxygen atoms in total. The van der Waals surface area contributed by atoms with Gasteiger partial charge in [0.05, 0.1) is 18.8 Å². The zero-order valence-corrected chi connectivity index (χ0v) is 24.9. The Hall–Kier alpha value is -2.15. The summed E-state index contributed by atoms with van der Waals surface area (Å²) >= 11 is 0. The average Bonchev–Trinajstić information content (AvgIpc) is 2.83. The van der Waals surface area contributed by atoms with E-state index >= 15 is 0 Å². The molecule has 1 fully saturated rings. The fourth-order valence-corrected chi connectivity index (χ4v) is 9.94. The lowest BCUT2D eigenvalue weighted by Gasteiger charge is -2.44. The summed E-state index contributed by atoms with van der Waals surface area (Å²) in [5, 5.41) is 5.52. The number of ether oxygens (including phenoxy) is 2. The molecule has 0 aliphatic heterocycles. The Morgan fingerprint density at radius 2 is 1.41 bits per heavy atom. The standard InChI is InChI=1S/C31H47NO4Si/c1-24(32-29(33)36-30(2,3)4)22-34-26-20-18-25(19-21-26)23-35-37(31(5,6)7,27-14-10-8-11-15-27)28-16-12-9-13-17-28/h8-17,24-26H,18-23H2,1-7H3,(H,32,33)/t24-,25?,26?/m1/s1. The molecule has 1 aliphatic carbocycles. The monoisotopic (exact) mass is 525 g/mol. The van der Waals surface area contributed by atoms with Gasteiger partial charge in [-0.1, -0.05) is 81.4 Å². The zero-order valence-electron chi connectivity index (χ0n) is 23.9. The molecule has 37 heavy (non-hydrogen) atoms. The number of rotatable bonds is 9. The number of alkyl carbamates (subject to hydrolysis) is 1. The Morgan fingerprint density at radius 3 is 1.86 bits per heavy atom. The fourth-order valence-electron chi connectivity index (χ4n) is 5.30. The summed E-state index contributed by atoms with van der Waals surface area (Å²) in [4.78, 5) is 12.0. The minimum absolute atomic E-state index is 0.00665. The van der Waals surface area contributed by atoms with E-state index in [2.05, 4.69) is 86.8 Å². The highest BCUT2D eigenvalue weighted by atomic mass is 28.4. The lowest BCUT2D eigenvalue weighted by atomic mass is 9.88. The lowest BCUT2D eigenvalue weighted by molar-refractivity contribution is 0.000317. The van der Waals surface area contributed by atoms with Crippen molar-refractivity contribution in [1.29, 1.82) is 0 Å². The summed E-state index contributed by atoms with van der Waals surface area (Å²) in [7, 11) is -2.50. The first kappa shape index (κ1) is 29.4. The van der Waals surface area contributed by atoms with E-state index in [1.54, 1.807) is 0 Å². The minimum Gasteiger partial charge on any atom is -0.444 e. The van der Waals surface area contributed by atoms with E-state index in [0.29, 0.717) is 12.5 Å². The second-order valence-electron chi connectivity index (χ2n) is 12.5. The van der Waals surface area contributed by atoms with E-state index in [9.17, 15) is 4.79 Å². The molecule has 0 aromatic heterocycles. The lowest BCUT2D eigenvalue weighted by Crippen LogP contribution is -2.67. The van der Waals surface area contributed by atoms with Crippen LogP contribution in [0.3, 0.4) is 0 Å². The first-order valence-corrected chi connectivity index (χ1v) is 15.7. The van der Waals surface area contributed by atoms with Crippen LogP contribution < -0.4 is 15.7 Å². The van der Waals surface area contributed by atoms with Crippen LogP contribution >= 0.6 is 0 Å². The van der Waals surface area contributed by atoms with Gasteiger partial charge in [0, 0.05) is 6.61 Å². The predicted molar refractivity (Wildman–Crippen MR) is 154 cm³/mol. The van der Waals surface area contributed by atoms with Crippen LogP contribution in [0.5, 0.6) is 0 Å². The topological polar surface area (TPSA) is 56.8 Å². The van der Waals surface area contributed by atoms with E-state index in [0.717, 1.165) is 32.3 Å². The quantitative estimate of drug-likeness (QED) is 0.405. The highest BCUT2D eigenvalue weighted by Gasteiger charge is 2.50. The van der Waals surface area contributed by atoms with Crippen molar-refractivity contribution in [2.24, 2.45) is 5.92 Å². The molecule has 0 saturated heterocycles. The van der Waals surface area contributed by atoms with Crippen LogP contribution in [0.25, 0.3) is 0 Å². The molecule has 204 valence electrons. The molecule has 0 bridgehead atoms. The Kier molecular flexibility index (Phi) is 10.0. The molecule has 0 spiro atoms. The first-order chi connectivity index (χ1) is 17.4. The Labute approximate surface area is 225 Å². The number of hydrogen-bond donors (Lipinski definition) is 1. The molecule has 1 saturated carbocycles.